The molecule has 9 heteroatoms. The lowest BCUT2D eigenvalue weighted by molar-refractivity contribution is -0.145. The molecule has 2 rings (SSSR count). The first-order chi connectivity index (χ1) is 11.8. The number of thioether (sulfide) groups is 1. The van der Waals surface area contributed by atoms with Gasteiger partial charge in [0.25, 0.3) is 5.91 Å². The zero-order valence-electron chi connectivity index (χ0n) is 13.6. The van der Waals surface area contributed by atoms with Crippen LogP contribution in [0.1, 0.15) is 12.0 Å². The van der Waals surface area contributed by atoms with E-state index in [1.54, 1.807) is 12.1 Å². The second-order valence-electron chi connectivity index (χ2n) is 5.72. The molecular formula is C16H20ClNO5S2. The third kappa shape index (κ3) is 7.66. The van der Waals surface area contributed by atoms with Crippen LogP contribution in [0.25, 0.3) is 0 Å². The van der Waals surface area contributed by atoms with E-state index in [2.05, 4.69) is 5.32 Å². The van der Waals surface area contributed by atoms with Crippen molar-refractivity contribution >= 4 is 45.1 Å². The van der Waals surface area contributed by atoms with E-state index >= 15 is 0 Å². The molecule has 0 aliphatic carbocycles. The molecule has 0 aromatic heterocycles. The fourth-order valence-electron chi connectivity index (χ4n) is 2.31. The van der Waals surface area contributed by atoms with Crippen LogP contribution in [0, 0.1) is 0 Å². The Kier molecular flexibility index (Phi) is 7.58. The van der Waals surface area contributed by atoms with Gasteiger partial charge in [0.1, 0.15) is 0 Å². The molecule has 1 aliphatic rings. The van der Waals surface area contributed by atoms with Crippen LogP contribution in [0.2, 0.25) is 5.02 Å². The molecule has 0 unspecified atom stereocenters. The number of rotatable bonds is 8. The number of nitrogens with one attached hydrogen (secondary N) is 1. The minimum atomic E-state index is -2.95. The summed E-state index contributed by atoms with van der Waals surface area (Å²) in [5.74, 6) is -0.540. The van der Waals surface area contributed by atoms with Crippen molar-refractivity contribution in [1.29, 1.82) is 0 Å². The molecule has 0 saturated carbocycles. The highest BCUT2D eigenvalue weighted by Gasteiger charge is 2.28. The molecule has 0 spiro atoms. The molecule has 25 heavy (non-hydrogen) atoms. The largest absolute Gasteiger partial charge is 0.455 e. The minimum absolute atomic E-state index is 0.0538. The third-order valence-electron chi connectivity index (χ3n) is 3.64. The Morgan fingerprint density at radius 1 is 1.28 bits per heavy atom. The van der Waals surface area contributed by atoms with Crippen molar-refractivity contribution in [2.75, 3.05) is 30.4 Å². The summed E-state index contributed by atoms with van der Waals surface area (Å²) >= 11 is 7.06. The second kappa shape index (κ2) is 9.45. The molecule has 0 bridgehead atoms. The first kappa shape index (κ1) is 20.1. The molecule has 1 aromatic rings. The van der Waals surface area contributed by atoms with Gasteiger partial charge in [-0.25, -0.2) is 8.42 Å². The van der Waals surface area contributed by atoms with Crippen LogP contribution in [0.15, 0.2) is 24.3 Å². The van der Waals surface area contributed by atoms with Crippen molar-refractivity contribution in [3.63, 3.8) is 0 Å². The van der Waals surface area contributed by atoms with Gasteiger partial charge in [0.15, 0.2) is 16.4 Å². The molecule has 1 aromatic carbocycles. The van der Waals surface area contributed by atoms with Crippen molar-refractivity contribution < 1.29 is 22.7 Å². The molecule has 1 fully saturated rings. The number of hydrogen-bond acceptors (Lipinski definition) is 6. The van der Waals surface area contributed by atoms with Crippen LogP contribution in [-0.2, 0) is 30.6 Å². The Labute approximate surface area is 156 Å². The average Bonchev–Trinajstić information content (AvgIpc) is 2.92. The SMILES string of the molecule is O=C(COC(=O)CS[C@H]1CCS(=O)(=O)C1)NCCc1ccc(Cl)cc1. The molecule has 0 radical (unpaired) electrons. The molecule has 1 heterocycles. The number of carbonyl (C=O) groups is 2. The van der Waals surface area contributed by atoms with Gasteiger partial charge in [-0.2, -0.15) is 0 Å². The van der Waals surface area contributed by atoms with Crippen LogP contribution in [-0.4, -0.2) is 56.0 Å². The fourth-order valence-corrected chi connectivity index (χ4v) is 5.88. The lowest BCUT2D eigenvalue weighted by atomic mass is 10.1. The highest BCUT2D eigenvalue weighted by Crippen LogP contribution is 2.24. The summed E-state index contributed by atoms with van der Waals surface area (Å²) in [6.07, 6.45) is 1.22. The highest BCUT2D eigenvalue weighted by molar-refractivity contribution is 8.02. The standard InChI is InChI=1S/C16H20ClNO5S2/c17-13-3-1-12(2-4-13)5-7-18-15(19)9-23-16(20)10-24-14-6-8-25(21,22)11-14/h1-4,14H,5-11H2,(H,18,19)/t14-/m0/s1. The summed E-state index contributed by atoms with van der Waals surface area (Å²) in [5.41, 5.74) is 1.05. The smallest absolute Gasteiger partial charge is 0.316 e. The summed E-state index contributed by atoms with van der Waals surface area (Å²) in [6, 6.07) is 7.34. The molecule has 1 amide bonds. The van der Waals surface area contributed by atoms with Gasteiger partial charge in [-0.3, -0.25) is 9.59 Å². The van der Waals surface area contributed by atoms with Gasteiger partial charge in [-0.05, 0) is 30.5 Å². The van der Waals surface area contributed by atoms with Gasteiger partial charge in [0.05, 0.1) is 17.3 Å². The van der Waals surface area contributed by atoms with E-state index in [1.807, 2.05) is 12.1 Å². The number of halogens is 1. The van der Waals surface area contributed by atoms with E-state index in [1.165, 1.54) is 11.8 Å². The van der Waals surface area contributed by atoms with E-state index in [0.29, 0.717) is 24.4 Å². The molecule has 6 nitrogen and oxygen atoms in total. The van der Waals surface area contributed by atoms with Gasteiger partial charge >= 0.3 is 5.97 Å². The van der Waals surface area contributed by atoms with Crippen molar-refractivity contribution in [3.8, 4) is 0 Å². The summed E-state index contributed by atoms with van der Waals surface area (Å²) in [7, 11) is -2.95. The summed E-state index contributed by atoms with van der Waals surface area (Å²) in [4.78, 5) is 23.2. The first-order valence-electron chi connectivity index (χ1n) is 7.83. The van der Waals surface area contributed by atoms with Crippen LogP contribution in [0.4, 0.5) is 0 Å². The topological polar surface area (TPSA) is 89.5 Å². The Hall–Kier alpha value is -1.25. The first-order valence-corrected chi connectivity index (χ1v) is 11.1. The van der Waals surface area contributed by atoms with E-state index in [-0.39, 0.29) is 35.0 Å². The number of esters is 1. The zero-order valence-corrected chi connectivity index (χ0v) is 16.0. The number of carbonyl (C=O) groups excluding carboxylic acids is 2. The van der Waals surface area contributed by atoms with Crippen molar-refractivity contribution in [3.05, 3.63) is 34.9 Å². The summed E-state index contributed by atoms with van der Waals surface area (Å²) in [5, 5.41) is 3.27. The maximum Gasteiger partial charge on any atom is 0.316 e. The lowest BCUT2D eigenvalue weighted by Gasteiger charge is -2.08. The van der Waals surface area contributed by atoms with Gasteiger partial charge in [-0.15, -0.1) is 11.8 Å². The van der Waals surface area contributed by atoms with Gasteiger partial charge < -0.3 is 10.1 Å². The molecule has 1 atom stereocenters. The van der Waals surface area contributed by atoms with Crippen LogP contribution in [0.3, 0.4) is 0 Å². The van der Waals surface area contributed by atoms with Crippen molar-refractivity contribution in [2.45, 2.75) is 18.1 Å². The molecule has 138 valence electrons. The van der Waals surface area contributed by atoms with Gasteiger partial charge in [0, 0.05) is 16.8 Å². The average molecular weight is 406 g/mol. The number of hydrogen-bond donors (Lipinski definition) is 1. The van der Waals surface area contributed by atoms with Crippen molar-refractivity contribution in [1.82, 2.24) is 5.32 Å². The summed E-state index contributed by atoms with van der Waals surface area (Å²) < 4.78 is 27.6. The number of amides is 1. The van der Waals surface area contributed by atoms with E-state index in [9.17, 15) is 18.0 Å². The number of sulfone groups is 1. The van der Waals surface area contributed by atoms with Crippen molar-refractivity contribution in [2.24, 2.45) is 0 Å². The monoisotopic (exact) mass is 405 g/mol. The van der Waals surface area contributed by atoms with E-state index < -0.39 is 15.8 Å². The van der Waals surface area contributed by atoms with E-state index in [4.69, 9.17) is 16.3 Å². The van der Waals surface area contributed by atoms with Gasteiger partial charge in [-0.1, -0.05) is 23.7 Å². The predicted molar refractivity (Wildman–Crippen MR) is 98.6 cm³/mol. The Bertz CT molecular complexity index is 706. The number of ether oxygens (including phenoxy) is 1. The van der Waals surface area contributed by atoms with Crippen LogP contribution >= 0.6 is 23.4 Å². The summed E-state index contributed by atoms with van der Waals surface area (Å²) in [6.45, 7) is 0.107. The maximum atomic E-state index is 11.6. The predicted octanol–water partition coefficient (Wildman–Crippen LogP) is 1.46. The molecule has 1 aliphatic heterocycles. The van der Waals surface area contributed by atoms with Crippen LogP contribution in [0.5, 0.6) is 0 Å². The maximum absolute atomic E-state index is 11.6. The molecule has 1 N–H and O–H groups in total. The Morgan fingerprint density at radius 3 is 2.64 bits per heavy atom. The van der Waals surface area contributed by atoms with Gasteiger partial charge in [0.2, 0.25) is 0 Å². The third-order valence-corrected chi connectivity index (χ3v) is 7.15. The fraction of sp³-hybridized carbons (Fsp3) is 0.500. The zero-order chi connectivity index (χ0) is 18.3. The van der Waals surface area contributed by atoms with Crippen LogP contribution < -0.4 is 5.32 Å². The number of benzene rings is 1. The second-order valence-corrected chi connectivity index (χ2v) is 9.68. The Morgan fingerprint density at radius 2 is 2.00 bits per heavy atom. The molecule has 1 saturated heterocycles. The quantitative estimate of drug-likeness (QED) is 0.658. The Balaban J connectivity index is 1.56. The normalized spacial score (nSPS) is 18.7. The lowest BCUT2D eigenvalue weighted by Crippen LogP contribution is -2.30. The molecular weight excluding hydrogens is 386 g/mol. The van der Waals surface area contributed by atoms with E-state index in [0.717, 1.165) is 5.56 Å². The highest BCUT2D eigenvalue weighted by atomic mass is 35.5. The minimum Gasteiger partial charge on any atom is -0.455 e.